The zero-order valence-electron chi connectivity index (χ0n) is 68.8. The van der Waals surface area contributed by atoms with Crippen LogP contribution >= 0.6 is 0 Å². The molecule has 0 aliphatic heterocycles. The fourth-order valence-corrected chi connectivity index (χ4v) is 10.9. The van der Waals surface area contributed by atoms with E-state index >= 15 is 0 Å². The van der Waals surface area contributed by atoms with Crippen molar-refractivity contribution in [2.45, 2.75) is 424 Å². The first-order chi connectivity index (χ1) is 52.6. The molecule has 0 radical (unpaired) electrons. The van der Waals surface area contributed by atoms with Gasteiger partial charge in [0.2, 0.25) is 0 Å². The maximum Gasteiger partial charge on any atom is 0.306 e. The summed E-state index contributed by atoms with van der Waals surface area (Å²) in [5.74, 6) is -4.12. The van der Waals surface area contributed by atoms with Crippen LogP contribution in [-0.2, 0) is 85.8 Å². The summed E-state index contributed by atoms with van der Waals surface area (Å²) in [6.45, 7) is 12.0. The third kappa shape index (κ3) is 75.8. The number of rotatable bonds is 69. The van der Waals surface area contributed by atoms with Crippen LogP contribution in [0.1, 0.15) is 332 Å². The van der Waals surface area contributed by atoms with Gasteiger partial charge in [0.05, 0.1) is 73.2 Å². The minimum absolute atomic E-state index is 0.153. The van der Waals surface area contributed by atoms with Gasteiger partial charge in [-0.05, 0) is 119 Å². The maximum absolute atomic E-state index is 12.5. The van der Waals surface area contributed by atoms with E-state index in [2.05, 4.69) is 0 Å². The van der Waals surface area contributed by atoms with Gasteiger partial charge >= 0.3 is 53.7 Å². The number of carbonyl (C=O) groups excluding carboxylic acids is 9. The molecule has 0 saturated heterocycles. The van der Waals surface area contributed by atoms with Crippen LogP contribution in [0.5, 0.6) is 0 Å². The summed E-state index contributed by atoms with van der Waals surface area (Å²) in [5, 5.41) is 113. The first-order valence-corrected chi connectivity index (χ1v) is 41.2. The van der Waals surface area contributed by atoms with E-state index in [1.54, 1.807) is 41.5 Å². The molecule has 13 atom stereocenters. The Morgan fingerprint density at radius 3 is 0.486 bits per heavy atom. The molecule has 0 aromatic heterocycles. The third-order valence-corrected chi connectivity index (χ3v) is 18.2. The lowest BCUT2D eigenvalue weighted by atomic mass is 10.0. The second-order valence-corrected chi connectivity index (χ2v) is 29.5. The van der Waals surface area contributed by atoms with E-state index in [-0.39, 0.29) is 78.2 Å². The van der Waals surface area contributed by atoms with E-state index in [0.29, 0.717) is 77.0 Å². The smallest absolute Gasteiger partial charge is 0.306 e. The number of unbranched alkanes of at least 4 members (excludes halogenated alkanes) is 24. The van der Waals surface area contributed by atoms with E-state index in [4.69, 9.17) is 42.6 Å². The molecule has 30 heteroatoms. The van der Waals surface area contributed by atoms with Gasteiger partial charge in [-0.3, -0.25) is 43.2 Å². The summed E-state index contributed by atoms with van der Waals surface area (Å²) in [6, 6.07) is 0. The van der Waals surface area contributed by atoms with Crippen LogP contribution < -0.4 is 0 Å². The van der Waals surface area contributed by atoms with Crippen LogP contribution in [0, 0.1) is 0 Å². The average molecular weight is 1600 g/mol. The number of hydrogen-bond donors (Lipinski definition) is 12. The van der Waals surface area contributed by atoms with Crippen molar-refractivity contribution in [3.05, 3.63) is 0 Å². The maximum atomic E-state index is 12.5. The largest absolute Gasteiger partial charge is 0.462 e. The molecule has 0 fully saturated rings. The SMILES string of the molecule is CC(=O)OCC(COC(=O)CCCCCCCC(O)C(C)O)OC(=O)CCCCCCCC(O)C(C)O.CC(=O)OCC(COC(C)=O)OC(=O)CCCCCCCC(O)C(C)O.CC(O)C(O)CCCCCCCC(=O)OCC(COC(=O)CCCCCCCC(O)C(C)O)OC(=O)CCCCCCCC(O)C(C)O. The first kappa shape index (κ1) is 110. The molecule has 0 aliphatic carbocycles. The number of esters is 9. The van der Waals surface area contributed by atoms with Crippen molar-refractivity contribution in [1.29, 1.82) is 0 Å². The lowest BCUT2D eigenvalue weighted by Crippen LogP contribution is -2.30. The fourth-order valence-electron chi connectivity index (χ4n) is 10.9. The van der Waals surface area contributed by atoms with Crippen LogP contribution in [-0.4, -0.2) is 246 Å². The summed E-state index contributed by atoms with van der Waals surface area (Å²) >= 11 is 0. The minimum Gasteiger partial charge on any atom is -0.462 e. The van der Waals surface area contributed by atoms with Crippen molar-refractivity contribution in [3.8, 4) is 0 Å². The van der Waals surface area contributed by atoms with Gasteiger partial charge in [-0.15, -0.1) is 0 Å². The van der Waals surface area contributed by atoms with Crippen LogP contribution in [0.25, 0.3) is 0 Å². The van der Waals surface area contributed by atoms with E-state index < -0.39 is 145 Å². The number of aliphatic hydroxyl groups is 12. The summed E-state index contributed by atoms with van der Waals surface area (Å²) in [4.78, 5) is 106. The van der Waals surface area contributed by atoms with E-state index in [0.717, 1.165) is 154 Å². The Morgan fingerprint density at radius 1 is 0.198 bits per heavy atom. The first-order valence-electron chi connectivity index (χ1n) is 41.2. The molecule has 0 aromatic carbocycles. The zero-order valence-corrected chi connectivity index (χ0v) is 68.8. The quantitative estimate of drug-likeness (QED) is 0.0154. The van der Waals surface area contributed by atoms with Gasteiger partial charge in [-0.1, -0.05) is 154 Å². The Hall–Kier alpha value is -5.25. The second-order valence-electron chi connectivity index (χ2n) is 29.5. The molecule has 30 nitrogen and oxygen atoms in total. The number of hydrogen-bond acceptors (Lipinski definition) is 30. The van der Waals surface area contributed by atoms with Gasteiger partial charge in [-0.2, -0.15) is 0 Å². The second kappa shape index (κ2) is 73.6. The molecular weight excluding hydrogens is 1450 g/mol. The zero-order chi connectivity index (χ0) is 84.2. The monoisotopic (exact) mass is 1600 g/mol. The van der Waals surface area contributed by atoms with Gasteiger partial charge in [0.25, 0.3) is 0 Å². The summed E-state index contributed by atoms with van der Waals surface area (Å²) in [6.07, 6.45) is 17.7. The highest BCUT2D eigenvalue weighted by atomic mass is 16.6. The van der Waals surface area contributed by atoms with Gasteiger partial charge in [0.15, 0.2) is 18.3 Å². The molecule has 0 aliphatic rings. The highest BCUT2D eigenvalue weighted by Gasteiger charge is 2.24. The average Bonchev–Trinajstić information content (AvgIpc) is 0.949. The highest BCUT2D eigenvalue weighted by Crippen LogP contribution is 2.19. The predicted octanol–water partition coefficient (Wildman–Crippen LogP) is 8.85. The van der Waals surface area contributed by atoms with E-state index in [9.17, 15) is 104 Å². The predicted molar refractivity (Wildman–Crippen MR) is 412 cm³/mol. The molecule has 0 heterocycles. The molecule has 654 valence electrons. The van der Waals surface area contributed by atoms with Crippen molar-refractivity contribution in [1.82, 2.24) is 0 Å². The number of aliphatic hydroxyl groups excluding tert-OH is 12. The molecule has 0 aromatic rings. The Labute approximate surface area is 661 Å². The van der Waals surface area contributed by atoms with Crippen molar-refractivity contribution in [2.24, 2.45) is 0 Å². The van der Waals surface area contributed by atoms with Gasteiger partial charge in [0.1, 0.15) is 39.6 Å². The molecule has 12 N–H and O–H groups in total. The van der Waals surface area contributed by atoms with Crippen molar-refractivity contribution >= 4 is 53.7 Å². The van der Waals surface area contributed by atoms with Crippen molar-refractivity contribution in [2.75, 3.05) is 39.6 Å². The summed E-state index contributed by atoms with van der Waals surface area (Å²) in [5.41, 5.74) is 0. The molecule has 0 rings (SSSR count). The third-order valence-electron chi connectivity index (χ3n) is 18.2. The molecule has 0 saturated carbocycles. The van der Waals surface area contributed by atoms with Crippen LogP contribution in [0.2, 0.25) is 0 Å². The number of carbonyl (C=O) groups is 9. The number of ether oxygens (including phenoxy) is 9. The molecule has 0 amide bonds. The Balaban J connectivity index is -0.00000165. The molecule has 13 unspecified atom stereocenters. The van der Waals surface area contributed by atoms with Gasteiger partial charge < -0.3 is 104 Å². The topological polar surface area (TPSA) is 479 Å². The highest BCUT2D eigenvalue weighted by molar-refractivity contribution is 5.72. The normalized spacial score (nSPS) is 15.1. The van der Waals surface area contributed by atoms with Crippen molar-refractivity contribution < 1.29 is 147 Å². The van der Waals surface area contributed by atoms with Crippen LogP contribution in [0.15, 0.2) is 0 Å². The minimum atomic E-state index is -0.909. The Kier molecular flexibility index (Phi) is 72.9. The lowest BCUT2D eigenvalue weighted by Gasteiger charge is -2.18. The standard InChI is InChI=1S/C36H68O12.C27H50O10.C18H32O8/c1-27(37)31(40)19-13-7-4-10-16-22-34(43)46-25-30(48-36(45)24-18-12-6-9-15-21-33(42)29(3)39)26-47-35(44)23-17-11-5-8-14-20-32(41)28(2)38;1-20(28)24(31)14-10-6-4-8-12-16-26(33)36-19-23(18-35-22(3)30)37-27(34)17-13-9-5-7-11-15-25(32)21(2)29;1-13(19)17(22)9-7-5-4-6-8-10-18(23)26-16(11-24-14(2)20)12-25-15(3)21/h27-33,37-42H,4-26H2,1-3H3;20-21,23-25,28-29,31-32H,4-19H2,1-3H3;13,16-17,19,22H,4-12H2,1-3H3. The Bertz CT molecular complexity index is 2260. The molecular formula is C81H150O30. The van der Waals surface area contributed by atoms with Crippen LogP contribution in [0.3, 0.4) is 0 Å². The molecule has 0 bridgehead atoms. The lowest BCUT2D eigenvalue weighted by molar-refractivity contribution is -0.167. The Morgan fingerprint density at radius 2 is 0.333 bits per heavy atom. The van der Waals surface area contributed by atoms with Crippen LogP contribution in [0.4, 0.5) is 0 Å². The summed E-state index contributed by atoms with van der Waals surface area (Å²) in [7, 11) is 0. The van der Waals surface area contributed by atoms with Gasteiger partial charge in [0, 0.05) is 59.3 Å². The van der Waals surface area contributed by atoms with E-state index in [1.165, 1.54) is 20.8 Å². The summed E-state index contributed by atoms with van der Waals surface area (Å²) < 4.78 is 46.5. The van der Waals surface area contributed by atoms with E-state index in [1.807, 2.05) is 0 Å². The molecule has 111 heavy (non-hydrogen) atoms. The fraction of sp³-hybridized carbons (Fsp3) is 0.889. The van der Waals surface area contributed by atoms with Gasteiger partial charge in [-0.25, -0.2) is 0 Å². The molecule has 0 spiro atoms. The van der Waals surface area contributed by atoms with Crippen molar-refractivity contribution in [3.63, 3.8) is 0 Å².